The normalized spacial score (nSPS) is 11.9. The minimum Gasteiger partial charge on any atom is -0.492 e. The smallest absolute Gasteiger partial charge is 0.242 e. The average molecular weight is 512 g/mol. The number of carbonyl (C=O) groups is 1. The highest BCUT2D eigenvalue weighted by molar-refractivity contribution is 7.92. The Kier molecular flexibility index (Phi) is 9.48. The molecule has 11 heteroatoms. The van der Waals surface area contributed by atoms with Crippen molar-refractivity contribution >= 4 is 31.6 Å². The van der Waals surface area contributed by atoms with Crippen LogP contribution >= 0.6 is 0 Å². The molecule has 0 bridgehead atoms. The lowest BCUT2D eigenvalue weighted by molar-refractivity contribution is -0.121. The Morgan fingerprint density at radius 1 is 1.00 bits per heavy atom. The Morgan fingerprint density at radius 3 is 2.24 bits per heavy atom. The van der Waals surface area contributed by atoms with Gasteiger partial charge < -0.3 is 10.1 Å². The van der Waals surface area contributed by atoms with Gasteiger partial charge in [0.2, 0.25) is 26.0 Å². The number of anilines is 1. The summed E-state index contributed by atoms with van der Waals surface area (Å²) in [6.45, 7) is 4.49. The van der Waals surface area contributed by atoms with Crippen LogP contribution < -0.4 is 14.4 Å². The van der Waals surface area contributed by atoms with Gasteiger partial charge in [-0.05, 0) is 61.7 Å². The molecule has 0 aliphatic heterocycles. The molecule has 2 rings (SSSR count). The number of nitrogens with zero attached hydrogens (tertiary/aromatic N) is 2. The first kappa shape index (κ1) is 27.6. The third kappa shape index (κ3) is 7.44. The van der Waals surface area contributed by atoms with Crippen LogP contribution in [0.25, 0.3) is 0 Å². The zero-order valence-electron chi connectivity index (χ0n) is 20.2. The van der Waals surface area contributed by atoms with Gasteiger partial charge in [-0.1, -0.05) is 12.1 Å². The predicted octanol–water partition coefficient (Wildman–Crippen LogP) is 2.30. The number of sulfonamides is 2. The SMILES string of the molecule is Cc1cccc(N(CCCC(=O)NCCOc2ccc(S(=O)(=O)N(C)C)cc2)S(C)(=O)=O)c1C. The zero-order chi connectivity index (χ0) is 25.5. The van der Waals surface area contributed by atoms with E-state index in [0.29, 0.717) is 17.9 Å². The van der Waals surface area contributed by atoms with Crippen LogP contribution in [0, 0.1) is 13.8 Å². The van der Waals surface area contributed by atoms with E-state index in [4.69, 9.17) is 4.74 Å². The lowest BCUT2D eigenvalue weighted by Crippen LogP contribution is -2.33. The number of aryl methyl sites for hydroxylation is 1. The highest BCUT2D eigenvalue weighted by Crippen LogP contribution is 2.25. The zero-order valence-corrected chi connectivity index (χ0v) is 21.9. The maximum Gasteiger partial charge on any atom is 0.242 e. The Balaban J connectivity index is 1.79. The van der Waals surface area contributed by atoms with Gasteiger partial charge in [0.05, 0.1) is 23.4 Å². The van der Waals surface area contributed by atoms with E-state index in [9.17, 15) is 21.6 Å². The Labute approximate surface area is 202 Å². The molecule has 9 nitrogen and oxygen atoms in total. The molecule has 0 fully saturated rings. The molecule has 1 amide bonds. The number of amides is 1. The summed E-state index contributed by atoms with van der Waals surface area (Å²) in [7, 11) is -4.05. The molecule has 0 atom stereocenters. The molecule has 0 heterocycles. The summed E-state index contributed by atoms with van der Waals surface area (Å²) in [5.74, 6) is 0.287. The number of carbonyl (C=O) groups excluding carboxylic acids is 1. The van der Waals surface area contributed by atoms with Crippen LogP contribution in [0.5, 0.6) is 5.75 Å². The second-order valence-corrected chi connectivity index (χ2v) is 12.2. The number of benzene rings is 2. The summed E-state index contributed by atoms with van der Waals surface area (Å²) in [6, 6.07) is 11.6. The molecular formula is C23H33N3O6S2. The summed E-state index contributed by atoms with van der Waals surface area (Å²) in [4.78, 5) is 12.3. The molecule has 0 unspecified atom stereocenters. The number of hydrogen-bond acceptors (Lipinski definition) is 6. The number of nitrogens with one attached hydrogen (secondary N) is 1. The highest BCUT2D eigenvalue weighted by atomic mass is 32.2. The largest absolute Gasteiger partial charge is 0.492 e. The molecule has 0 aliphatic rings. The van der Waals surface area contributed by atoms with E-state index in [2.05, 4.69) is 5.32 Å². The second-order valence-electron chi connectivity index (χ2n) is 8.11. The first-order chi connectivity index (χ1) is 15.8. The van der Waals surface area contributed by atoms with E-state index in [0.717, 1.165) is 21.7 Å². The number of rotatable bonds is 12. The maximum atomic E-state index is 12.3. The third-order valence-electron chi connectivity index (χ3n) is 5.31. The van der Waals surface area contributed by atoms with Crippen molar-refractivity contribution in [1.82, 2.24) is 9.62 Å². The van der Waals surface area contributed by atoms with Gasteiger partial charge in [0, 0.05) is 27.1 Å². The second kappa shape index (κ2) is 11.7. The summed E-state index contributed by atoms with van der Waals surface area (Å²) >= 11 is 0. The van der Waals surface area contributed by atoms with Gasteiger partial charge in [-0.25, -0.2) is 21.1 Å². The van der Waals surface area contributed by atoms with Crippen molar-refractivity contribution in [2.24, 2.45) is 0 Å². The summed E-state index contributed by atoms with van der Waals surface area (Å²) < 4.78 is 56.8. The molecule has 0 saturated carbocycles. The van der Waals surface area contributed by atoms with E-state index < -0.39 is 20.0 Å². The van der Waals surface area contributed by atoms with Crippen molar-refractivity contribution in [3.63, 3.8) is 0 Å². The van der Waals surface area contributed by atoms with E-state index in [1.807, 2.05) is 26.0 Å². The first-order valence-corrected chi connectivity index (χ1v) is 14.1. The molecule has 2 aromatic rings. The predicted molar refractivity (Wildman–Crippen MR) is 133 cm³/mol. The fourth-order valence-corrected chi connectivity index (χ4v) is 5.14. The van der Waals surface area contributed by atoms with Crippen LogP contribution in [0.1, 0.15) is 24.0 Å². The lowest BCUT2D eigenvalue weighted by Gasteiger charge is -2.24. The van der Waals surface area contributed by atoms with Gasteiger partial charge in [-0.15, -0.1) is 0 Å². The van der Waals surface area contributed by atoms with Crippen LogP contribution in [0.4, 0.5) is 5.69 Å². The molecule has 0 aliphatic carbocycles. The van der Waals surface area contributed by atoms with Crippen molar-refractivity contribution in [2.45, 2.75) is 31.6 Å². The Morgan fingerprint density at radius 2 is 1.65 bits per heavy atom. The van der Waals surface area contributed by atoms with Crippen molar-refractivity contribution in [3.8, 4) is 5.75 Å². The fourth-order valence-electron chi connectivity index (χ4n) is 3.22. The first-order valence-electron chi connectivity index (χ1n) is 10.8. The maximum absolute atomic E-state index is 12.3. The molecule has 1 N–H and O–H groups in total. The molecule has 34 heavy (non-hydrogen) atoms. The topological polar surface area (TPSA) is 113 Å². The van der Waals surface area contributed by atoms with Crippen LogP contribution in [-0.4, -0.2) is 67.1 Å². The minimum atomic E-state index is -3.50. The summed E-state index contributed by atoms with van der Waals surface area (Å²) in [5, 5.41) is 2.74. The average Bonchev–Trinajstić information content (AvgIpc) is 2.76. The standard InChI is InChI=1S/C23H33N3O6S2/c1-18-8-6-9-22(19(18)2)26(33(5,28)29)16-7-10-23(27)24-15-17-32-20-11-13-21(14-12-20)34(30,31)25(3)4/h6,8-9,11-14H,7,10,15-17H2,1-5H3,(H,24,27). The van der Waals surface area contributed by atoms with Gasteiger partial charge in [0.15, 0.2) is 0 Å². The van der Waals surface area contributed by atoms with Crippen molar-refractivity contribution in [2.75, 3.05) is 44.4 Å². The highest BCUT2D eigenvalue weighted by Gasteiger charge is 2.20. The van der Waals surface area contributed by atoms with Crippen LogP contribution in [0.3, 0.4) is 0 Å². The third-order valence-corrected chi connectivity index (χ3v) is 8.31. The Hall–Kier alpha value is -2.63. The number of hydrogen-bond donors (Lipinski definition) is 1. The van der Waals surface area contributed by atoms with E-state index in [1.165, 1.54) is 30.5 Å². The van der Waals surface area contributed by atoms with Crippen molar-refractivity contribution in [1.29, 1.82) is 0 Å². The quantitative estimate of drug-likeness (QED) is 0.438. The van der Waals surface area contributed by atoms with Gasteiger partial charge in [-0.2, -0.15) is 0 Å². The van der Waals surface area contributed by atoms with Gasteiger partial charge in [-0.3, -0.25) is 9.10 Å². The fraction of sp³-hybridized carbons (Fsp3) is 0.435. The van der Waals surface area contributed by atoms with Gasteiger partial charge in [0.1, 0.15) is 12.4 Å². The van der Waals surface area contributed by atoms with E-state index in [-0.39, 0.29) is 36.9 Å². The molecular weight excluding hydrogens is 478 g/mol. The van der Waals surface area contributed by atoms with Crippen molar-refractivity contribution < 1.29 is 26.4 Å². The van der Waals surface area contributed by atoms with E-state index >= 15 is 0 Å². The van der Waals surface area contributed by atoms with Crippen LogP contribution in [0.15, 0.2) is 47.4 Å². The van der Waals surface area contributed by atoms with Gasteiger partial charge in [0.25, 0.3) is 0 Å². The van der Waals surface area contributed by atoms with Gasteiger partial charge >= 0.3 is 0 Å². The minimum absolute atomic E-state index is 0.169. The molecule has 0 saturated heterocycles. The molecule has 2 aromatic carbocycles. The molecule has 0 spiro atoms. The summed E-state index contributed by atoms with van der Waals surface area (Å²) in [5.41, 5.74) is 2.51. The molecule has 0 aromatic heterocycles. The monoisotopic (exact) mass is 511 g/mol. The van der Waals surface area contributed by atoms with Crippen LogP contribution in [-0.2, 0) is 24.8 Å². The number of ether oxygens (including phenoxy) is 1. The molecule has 188 valence electrons. The van der Waals surface area contributed by atoms with E-state index in [1.54, 1.807) is 18.2 Å². The Bertz CT molecular complexity index is 1190. The van der Waals surface area contributed by atoms with Crippen LogP contribution in [0.2, 0.25) is 0 Å². The summed E-state index contributed by atoms with van der Waals surface area (Å²) in [6.07, 6.45) is 1.71. The lowest BCUT2D eigenvalue weighted by atomic mass is 10.1. The van der Waals surface area contributed by atoms with Crippen molar-refractivity contribution in [3.05, 3.63) is 53.6 Å². The molecule has 0 radical (unpaired) electrons.